The van der Waals surface area contributed by atoms with Crippen LogP contribution in [0.5, 0.6) is 0 Å². The summed E-state index contributed by atoms with van der Waals surface area (Å²) in [6.45, 7) is 7.56. The fourth-order valence-electron chi connectivity index (χ4n) is 7.57. The number of likely N-dealkylation sites (tertiary alicyclic amines) is 1. The van der Waals surface area contributed by atoms with Gasteiger partial charge in [0, 0.05) is 41.1 Å². The number of hydrogen-bond donors (Lipinski definition) is 2. The standard InChI is InChI=1S/C41H40F4N6O2/c1-23(31-5-4-6-32(37(31)43)38(44)45)47-39-33-20-35(46-21-34(33)24(2)49-50-39)28-17-25(18-30(42)19-28)22-51-15-12-27(13-16-51)26-7-9-29(10-8-26)41(3)14-11-36(52)48-40(41)53/h4-10,17-21,23,27,38H,11-16,22H2,1-3H3,(H,47,50)(H,48,52,53)/t23-,41-/m1/s1. The van der Waals surface area contributed by atoms with Crippen LogP contribution in [0.25, 0.3) is 22.0 Å². The van der Waals surface area contributed by atoms with Crippen LogP contribution in [0.4, 0.5) is 23.4 Å². The van der Waals surface area contributed by atoms with Crippen LogP contribution in [0.2, 0.25) is 0 Å². The van der Waals surface area contributed by atoms with Crippen molar-refractivity contribution in [2.75, 3.05) is 18.4 Å². The maximum absolute atomic E-state index is 15.1. The fraction of sp³-hybridized carbons (Fsp3) is 0.341. The van der Waals surface area contributed by atoms with Crippen LogP contribution in [-0.4, -0.2) is 45.0 Å². The number of anilines is 1. The average Bonchev–Trinajstić information content (AvgIpc) is 3.14. The van der Waals surface area contributed by atoms with E-state index in [1.807, 2.05) is 25.1 Å². The molecule has 0 saturated carbocycles. The number of rotatable bonds is 9. The molecule has 0 spiro atoms. The highest BCUT2D eigenvalue weighted by atomic mass is 19.3. The van der Waals surface area contributed by atoms with Gasteiger partial charge in [-0.15, -0.1) is 5.10 Å². The van der Waals surface area contributed by atoms with Crippen LogP contribution < -0.4 is 10.6 Å². The van der Waals surface area contributed by atoms with Crippen LogP contribution in [0.1, 0.15) is 91.4 Å². The Balaban J connectivity index is 1.05. The molecule has 4 heterocycles. The molecule has 5 aromatic rings. The molecule has 2 aliphatic heterocycles. The van der Waals surface area contributed by atoms with E-state index in [1.54, 1.807) is 26.1 Å². The third kappa shape index (κ3) is 7.37. The van der Waals surface area contributed by atoms with Crippen molar-refractivity contribution >= 4 is 28.4 Å². The molecule has 3 aromatic carbocycles. The van der Waals surface area contributed by atoms with E-state index in [-0.39, 0.29) is 23.2 Å². The van der Waals surface area contributed by atoms with Crippen molar-refractivity contribution in [3.63, 3.8) is 0 Å². The summed E-state index contributed by atoms with van der Waals surface area (Å²) in [5, 5.41) is 15.4. The first-order valence-corrected chi connectivity index (χ1v) is 17.8. The molecular formula is C41H40F4N6O2. The number of pyridine rings is 1. The summed E-state index contributed by atoms with van der Waals surface area (Å²) in [4.78, 5) is 31.2. The minimum Gasteiger partial charge on any atom is -0.361 e. The monoisotopic (exact) mass is 724 g/mol. The number of aryl methyl sites for hydroxylation is 1. The minimum absolute atomic E-state index is 0.0727. The van der Waals surface area contributed by atoms with E-state index in [9.17, 15) is 22.8 Å². The topological polar surface area (TPSA) is 100 Å². The van der Waals surface area contributed by atoms with Crippen molar-refractivity contribution in [1.82, 2.24) is 25.4 Å². The molecule has 12 heteroatoms. The smallest absolute Gasteiger partial charge is 0.266 e. The zero-order chi connectivity index (χ0) is 37.4. The van der Waals surface area contributed by atoms with Crippen LogP contribution in [0, 0.1) is 18.6 Å². The molecule has 0 radical (unpaired) electrons. The lowest BCUT2D eigenvalue weighted by Crippen LogP contribution is -2.49. The van der Waals surface area contributed by atoms with Gasteiger partial charge in [-0.05, 0) is 100.0 Å². The number of imide groups is 1. The predicted molar refractivity (Wildman–Crippen MR) is 194 cm³/mol. The van der Waals surface area contributed by atoms with Crippen molar-refractivity contribution in [2.24, 2.45) is 0 Å². The number of nitrogens with zero attached hydrogens (tertiary/aromatic N) is 4. The van der Waals surface area contributed by atoms with Gasteiger partial charge in [0.15, 0.2) is 5.82 Å². The molecule has 0 bridgehead atoms. The molecule has 0 unspecified atom stereocenters. The second-order valence-corrected chi connectivity index (χ2v) is 14.4. The zero-order valence-corrected chi connectivity index (χ0v) is 29.7. The Kier molecular flexibility index (Phi) is 9.99. The van der Waals surface area contributed by atoms with Crippen molar-refractivity contribution < 1.29 is 27.2 Å². The number of alkyl halides is 2. The van der Waals surface area contributed by atoms with Gasteiger partial charge >= 0.3 is 0 Å². The number of hydrogen-bond acceptors (Lipinski definition) is 7. The first-order chi connectivity index (χ1) is 25.4. The Labute approximate surface area is 305 Å². The Morgan fingerprint density at radius 2 is 1.70 bits per heavy atom. The highest BCUT2D eigenvalue weighted by Gasteiger charge is 2.40. The fourth-order valence-corrected chi connectivity index (χ4v) is 7.57. The van der Waals surface area contributed by atoms with Crippen LogP contribution in [0.15, 0.2) is 72.9 Å². The Morgan fingerprint density at radius 3 is 2.42 bits per heavy atom. The molecule has 2 aliphatic rings. The second kappa shape index (κ2) is 14.7. The van der Waals surface area contributed by atoms with E-state index in [1.165, 1.54) is 29.8 Å². The van der Waals surface area contributed by atoms with E-state index in [0.717, 1.165) is 43.1 Å². The number of amides is 2. The van der Waals surface area contributed by atoms with Crippen molar-refractivity contribution in [1.29, 1.82) is 0 Å². The maximum atomic E-state index is 15.1. The van der Waals surface area contributed by atoms with Gasteiger partial charge in [0.2, 0.25) is 11.8 Å². The summed E-state index contributed by atoms with van der Waals surface area (Å²) >= 11 is 0. The maximum Gasteiger partial charge on any atom is 0.266 e. The van der Waals surface area contributed by atoms with Crippen molar-refractivity contribution in [2.45, 2.75) is 76.8 Å². The number of aromatic nitrogens is 3. The number of fused-ring (bicyclic) bond motifs is 1. The number of carbonyl (C=O) groups excluding carboxylic acids is 2. The number of piperidine rings is 2. The summed E-state index contributed by atoms with van der Waals surface area (Å²) in [6, 6.07) is 18.1. The summed E-state index contributed by atoms with van der Waals surface area (Å²) in [7, 11) is 0. The van der Waals surface area contributed by atoms with E-state index in [4.69, 9.17) is 0 Å². The average molecular weight is 725 g/mol. The molecule has 2 atom stereocenters. The van der Waals surface area contributed by atoms with Gasteiger partial charge in [0.05, 0.1) is 28.4 Å². The van der Waals surface area contributed by atoms with E-state index in [0.29, 0.717) is 58.8 Å². The van der Waals surface area contributed by atoms with Crippen LogP contribution in [0.3, 0.4) is 0 Å². The zero-order valence-electron chi connectivity index (χ0n) is 29.7. The number of nitrogens with one attached hydrogen (secondary N) is 2. The molecule has 8 nitrogen and oxygen atoms in total. The number of halogens is 4. The molecule has 2 N–H and O–H groups in total. The van der Waals surface area contributed by atoms with E-state index < -0.39 is 29.3 Å². The lowest BCUT2D eigenvalue weighted by Gasteiger charge is -2.34. The molecule has 7 rings (SSSR count). The Bertz CT molecular complexity index is 2190. The van der Waals surface area contributed by atoms with Gasteiger partial charge < -0.3 is 5.32 Å². The summed E-state index contributed by atoms with van der Waals surface area (Å²) in [5.74, 6) is -1.15. The largest absolute Gasteiger partial charge is 0.361 e. The molecule has 2 fully saturated rings. The SMILES string of the molecule is Cc1nnc(N[C@H](C)c2cccc(C(F)F)c2F)c2cc(-c3cc(F)cc(CN4CCC(c5ccc([C@@]6(C)CCC(=O)NC6=O)cc5)CC4)c3)ncc12. The van der Waals surface area contributed by atoms with Gasteiger partial charge in [-0.2, -0.15) is 5.10 Å². The van der Waals surface area contributed by atoms with Gasteiger partial charge in [-0.3, -0.25) is 24.8 Å². The van der Waals surface area contributed by atoms with Crippen LogP contribution >= 0.6 is 0 Å². The second-order valence-electron chi connectivity index (χ2n) is 14.4. The van der Waals surface area contributed by atoms with Gasteiger partial charge in [-0.25, -0.2) is 17.6 Å². The third-order valence-corrected chi connectivity index (χ3v) is 10.8. The van der Waals surface area contributed by atoms with Crippen molar-refractivity contribution in [3.8, 4) is 11.3 Å². The Morgan fingerprint density at radius 1 is 0.962 bits per heavy atom. The summed E-state index contributed by atoms with van der Waals surface area (Å²) in [6.07, 6.45) is 1.39. The van der Waals surface area contributed by atoms with Gasteiger partial charge in [0.25, 0.3) is 6.43 Å². The number of benzene rings is 3. The van der Waals surface area contributed by atoms with Crippen LogP contribution in [-0.2, 0) is 21.5 Å². The first-order valence-electron chi connectivity index (χ1n) is 17.8. The molecule has 53 heavy (non-hydrogen) atoms. The first kappa shape index (κ1) is 36.1. The molecule has 2 saturated heterocycles. The Hall–Kier alpha value is -5.23. The highest BCUT2D eigenvalue weighted by molar-refractivity contribution is 6.03. The molecule has 0 aliphatic carbocycles. The quantitative estimate of drug-likeness (QED) is 0.116. The molecule has 2 amide bonds. The molecular weight excluding hydrogens is 684 g/mol. The third-order valence-electron chi connectivity index (χ3n) is 10.8. The van der Waals surface area contributed by atoms with E-state index >= 15 is 4.39 Å². The highest BCUT2D eigenvalue weighted by Crippen LogP contribution is 2.36. The summed E-state index contributed by atoms with van der Waals surface area (Å²) < 4.78 is 56.8. The van der Waals surface area contributed by atoms with Crippen molar-refractivity contribution in [3.05, 3.63) is 118 Å². The van der Waals surface area contributed by atoms with E-state index in [2.05, 4.69) is 42.8 Å². The molecule has 274 valence electrons. The van der Waals surface area contributed by atoms with Gasteiger partial charge in [-0.1, -0.05) is 42.5 Å². The van der Waals surface area contributed by atoms with Gasteiger partial charge in [0.1, 0.15) is 11.6 Å². The normalized spacial score (nSPS) is 19.1. The minimum atomic E-state index is -2.94. The predicted octanol–water partition coefficient (Wildman–Crippen LogP) is 8.46. The lowest BCUT2D eigenvalue weighted by molar-refractivity contribution is -0.137. The summed E-state index contributed by atoms with van der Waals surface area (Å²) in [5.41, 5.74) is 3.34. The lowest BCUT2D eigenvalue weighted by atomic mass is 9.75. The number of carbonyl (C=O) groups is 2. The molecule has 2 aromatic heterocycles.